The molecule has 2 N–H and O–H groups in total. The molecule has 10 rings (SSSR count). The van der Waals surface area contributed by atoms with Crippen LogP contribution in [0.3, 0.4) is 0 Å². The van der Waals surface area contributed by atoms with Crippen molar-refractivity contribution in [1.82, 2.24) is 19.1 Å². The topological polar surface area (TPSA) is 137 Å². The van der Waals surface area contributed by atoms with E-state index in [2.05, 4.69) is 19.8 Å². The number of nitrogens with zero attached hydrogens (tertiary/aromatic N) is 4. The minimum absolute atomic E-state index is 0.0540. The summed E-state index contributed by atoms with van der Waals surface area (Å²) in [6, 6.07) is 32.0. The Bertz CT molecular complexity index is 3160. The molecule has 4 aromatic heterocycles. The second-order valence-corrected chi connectivity index (χ2v) is 18.6. The van der Waals surface area contributed by atoms with E-state index < -0.39 is 17.6 Å². The van der Waals surface area contributed by atoms with E-state index in [0.717, 1.165) is 68.2 Å². The van der Waals surface area contributed by atoms with Gasteiger partial charge in [-0.25, -0.2) is 18.7 Å². The molecular formula is C55H50F2N6O5S. The molecule has 0 aliphatic heterocycles. The van der Waals surface area contributed by atoms with Gasteiger partial charge in [-0.15, -0.1) is 11.8 Å². The molecule has 2 fully saturated rings. The third-order valence-electron chi connectivity index (χ3n) is 13.2. The van der Waals surface area contributed by atoms with Gasteiger partial charge in [-0.1, -0.05) is 56.7 Å². The summed E-state index contributed by atoms with van der Waals surface area (Å²) in [7, 11) is 0. The number of hydrogen-bond acceptors (Lipinski definition) is 8. The van der Waals surface area contributed by atoms with Gasteiger partial charge in [0.15, 0.2) is 28.8 Å². The van der Waals surface area contributed by atoms with E-state index in [-0.39, 0.29) is 52.8 Å². The first kappa shape index (κ1) is 45.5. The summed E-state index contributed by atoms with van der Waals surface area (Å²) >= 11 is 1.58. The van der Waals surface area contributed by atoms with Crippen LogP contribution in [0.2, 0.25) is 0 Å². The lowest BCUT2D eigenvalue weighted by Gasteiger charge is -2.24. The van der Waals surface area contributed by atoms with Gasteiger partial charge in [0, 0.05) is 51.5 Å². The predicted octanol–water partition coefficient (Wildman–Crippen LogP) is 13.9. The molecule has 2 saturated carbocycles. The number of Topliss-reactive ketones (excluding diaryl/α,β-unsaturated/α-hetero) is 1. The van der Waals surface area contributed by atoms with Crippen molar-refractivity contribution in [3.63, 3.8) is 0 Å². The molecule has 4 aromatic carbocycles. The highest BCUT2D eigenvalue weighted by Gasteiger charge is 2.28. The standard InChI is InChI=1S/C55H50F2N6O5S/c1-69-43-17-9-12-40(31-43)61-55(66)49-27-25-47(68-49)53-51(59-33-63(53)42-15-6-3-7-16-42)36-20-23-44(57)37(28-36)30-45(64)35-10-8-11-39(29-35)60-54(65)48-26-24-46(67-48)52-50(34-18-21-38(56)22-19-34)58-32-62(52)41-13-4-2-5-14-41/h8-12,17-29,31-33,41-42H,2-7,13-16,30H2,1H3,(H,60,65)(H,61,66). The largest absolute Gasteiger partial charge is 0.449 e. The van der Waals surface area contributed by atoms with Gasteiger partial charge in [-0.05, 0) is 135 Å². The Labute approximate surface area is 402 Å². The summed E-state index contributed by atoms with van der Waals surface area (Å²) in [5.41, 5.74) is 5.34. The molecule has 0 unspecified atom stereocenters. The Balaban J connectivity index is 0.874. The number of benzene rings is 4. The summed E-state index contributed by atoms with van der Waals surface area (Å²) < 4.78 is 46.3. The fourth-order valence-electron chi connectivity index (χ4n) is 9.68. The molecule has 69 heavy (non-hydrogen) atoms. The van der Waals surface area contributed by atoms with Crippen LogP contribution in [0.5, 0.6) is 0 Å². The molecule has 11 nitrogen and oxygen atoms in total. The summed E-state index contributed by atoms with van der Waals surface area (Å²) in [4.78, 5) is 51.6. The maximum atomic E-state index is 15.7. The molecule has 2 amide bonds. The van der Waals surface area contributed by atoms with Crippen LogP contribution in [-0.2, 0) is 6.42 Å². The Hall–Kier alpha value is -7.32. The average molecular weight is 945 g/mol. The first-order chi connectivity index (χ1) is 33.7. The van der Waals surface area contributed by atoms with E-state index in [1.54, 1.807) is 97.2 Å². The van der Waals surface area contributed by atoms with Crippen molar-refractivity contribution in [3.05, 3.63) is 162 Å². The van der Waals surface area contributed by atoms with Crippen LogP contribution < -0.4 is 10.6 Å². The van der Waals surface area contributed by atoms with Crippen molar-refractivity contribution in [1.29, 1.82) is 0 Å². The minimum Gasteiger partial charge on any atom is -0.449 e. The molecule has 350 valence electrons. The fourth-order valence-corrected chi connectivity index (χ4v) is 10.1. The van der Waals surface area contributed by atoms with Gasteiger partial charge in [0.05, 0.1) is 24.0 Å². The van der Waals surface area contributed by atoms with Gasteiger partial charge in [-0.3, -0.25) is 14.4 Å². The second kappa shape index (κ2) is 20.1. The Kier molecular flexibility index (Phi) is 13.2. The SMILES string of the molecule is CSc1cccc(NC(=O)c2ccc(-c3c(-c4ccc(F)c(CC(=O)c5cccc(NC(=O)c6ccc(-c7c(-c8ccc(F)cc8)ncn7C7CCCCC7)o6)c5)c4)ncn3C3CCCCC3)o2)c1. The number of furan rings is 2. The molecule has 2 aliphatic carbocycles. The first-order valence-corrected chi connectivity index (χ1v) is 24.7. The summed E-state index contributed by atoms with van der Waals surface area (Å²) in [5, 5.41) is 5.78. The van der Waals surface area contributed by atoms with Crippen molar-refractivity contribution in [2.45, 2.75) is 87.6 Å². The Morgan fingerprint density at radius 3 is 1.74 bits per heavy atom. The van der Waals surface area contributed by atoms with E-state index in [0.29, 0.717) is 51.2 Å². The number of rotatable bonds is 14. The number of aromatic nitrogens is 4. The fraction of sp³-hybridized carbons (Fsp3) is 0.255. The van der Waals surface area contributed by atoms with Crippen LogP contribution in [-0.4, -0.2) is 43.0 Å². The monoisotopic (exact) mass is 944 g/mol. The van der Waals surface area contributed by atoms with Crippen molar-refractivity contribution in [2.75, 3.05) is 16.9 Å². The summed E-state index contributed by atoms with van der Waals surface area (Å²) in [5.74, 6) is -1.08. The maximum absolute atomic E-state index is 15.7. The van der Waals surface area contributed by atoms with Crippen molar-refractivity contribution < 1.29 is 32.0 Å². The predicted molar refractivity (Wildman–Crippen MR) is 263 cm³/mol. The van der Waals surface area contributed by atoms with E-state index in [1.807, 2.05) is 30.5 Å². The summed E-state index contributed by atoms with van der Waals surface area (Å²) in [6.45, 7) is 0. The second-order valence-electron chi connectivity index (χ2n) is 17.7. The molecule has 0 radical (unpaired) electrons. The number of anilines is 2. The first-order valence-electron chi connectivity index (χ1n) is 23.5. The van der Waals surface area contributed by atoms with E-state index >= 15 is 4.39 Å². The lowest BCUT2D eigenvalue weighted by molar-refractivity contribution is 0.0984. The zero-order chi connectivity index (χ0) is 47.4. The van der Waals surface area contributed by atoms with Crippen LogP contribution in [0.15, 0.2) is 142 Å². The average Bonchev–Trinajstić information content (AvgIpc) is 4.23. The Morgan fingerprint density at radius 1 is 0.623 bits per heavy atom. The van der Waals surface area contributed by atoms with E-state index in [1.165, 1.54) is 24.6 Å². The number of thioether (sulfide) groups is 1. The number of ketones is 1. The van der Waals surface area contributed by atoms with Gasteiger partial charge < -0.3 is 28.6 Å². The number of halogens is 2. The number of amides is 2. The maximum Gasteiger partial charge on any atom is 0.291 e. The van der Waals surface area contributed by atoms with Gasteiger partial charge >= 0.3 is 0 Å². The van der Waals surface area contributed by atoms with Crippen LogP contribution >= 0.6 is 11.8 Å². The molecular weight excluding hydrogens is 895 g/mol. The third-order valence-corrected chi connectivity index (χ3v) is 13.9. The lowest BCUT2D eigenvalue weighted by atomic mass is 9.94. The Morgan fingerprint density at radius 2 is 1.16 bits per heavy atom. The zero-order valence-electron chi connectivity index (χ0n) is 38.1. The summed E-state index contributed by atoms with van der Waals surface area (Å²) in [6.07, 6.45) is 15.9. The number of carbonyl (C=O) groups excluding carboxylic acids is 3. The third kappa shape index (κ3) is 9.85. The van der Waals surface area contributed by atoms with Crippen molar-refractivity contribution in [3.8, 4) is 45.4 Å². The zero-order valence-corrected chi connectivity index (χ0v) is 38.9. The number of nitrogens with one attached hydrogen (secondary N) is 2. The molecule has 0 spiro atoms. The minimum atomic E-state index is -0.548. The molecule has 2 aliphatic rings. The number of carbonyl (C=O) groups is 3. The number of imidazole rings is 2. The van der Waals surface area contributed by atoms with Crippen LogP contribution in [0.4, 0.5) is 20.2 Å². The number of hydrogen-bond donors (Lipinski definition) is 2. The van der Waals surface area contributed by atoms with Crippen molar-refractivity contribution in [2.24, 2.45) is 0 Å². The molecule has 8 aromatic rings. The smallest absolute Gasteiger partial charge is 0.291 e. The molecule has 0 bridgehead atoms. The molecule has 0 atom stereocenters. The quantitative estimate of drug-likeness (QED) is 0.0812. The van der Waals surface area contributed by atoms with Gasteiger partial charge in [0.1, 0.15) is 23.0 Å². The van der Waals surface area contributed by atoms with E-state index in [4.69, 9.17) is 18.8 Å². The van der Waals surface area contributed by atoms with Gasteiger partial charge in [-0.2, -0.15) is 0 Å². The van der Waals surface area contributed by atoms with Crippen molar-refractivity contribution >= 4 is 40.7 Å². The highest BCUT2D eigenvalue weighted by molar-refractivity contribution is 7.98. The van der Waals surface area contributed by atoms with Crippen LogP contribution in [0, 0.1) is 11.6 Å². The van der Waals surface area contributed by atoms with Gasteiger partial charge in [0.2, 0.25) is 0 Å². The molecule has 0 saturated heterocycles. The molecule has 4 heterocycles. The van der Waals surface area contributed by atoms with Gasteiger partial charge in [0.25, 0.3) is 11.8 Å². The van der Waals surface area contributed by atoms with Crippen LogP contribution in [0.1, 0.15) is 113 Å². The van der Waals surface area contributed by atoms with E-state index in [9.17, 15) is 18.8 Å². The van der Waals surface area contributed by atoms with Crippen LogP contribution in [0.25, 0.3) is 45.4 Å². The highest BCUT2D eigenvalue weighted by atomic mass is 32.2. The molecule has 14 heteroatoms. The normalized spacial score (nSPS) is 14.5. The lowest BCUT2D eigenvalue weighted by Crippen LogP contribution is -2.13. The highest BCUT2D eigenvalue weighted by Crippen LogP contribution is 2.41.